The van der Waals surface area contributed by atoms with E-state index in [0.717, 1.165) is 5.56 Å². The molecular weight excluding hydrogens is 337 g/mol. The number of likely N-dealkylation sites (tertiary alicyclic amines) is 1. The fourth-order valence-corrected chi connectivity index (χ4v) is 4.13. The van der Waals surface area contributed by atoms with Crippen LogP contribution in [0.3, 0.4) is 0 Å². The Hall–Kier alpha value is -2.48. The number of β-amino-alcohol motifs (C(OH)–C–C–N with tert-alkyl or cyclic N) is 1. The Kier molecular flexibility index (Phi) is 4.36. The van der Waals surface area contributed by atoms with E-state index >= 15 is 0 Å². The van der Waals surface area contributed by atoms with Gasteiger partial charge < -0.3 is 15.1 Å². The molecule has 2 fully saturated rings. The van der Waals surface area contributed by atoms with E-state index in [9.17, 15) is 19.4 Å². The smallest absolute Gasteiger partial charge is 0.242 e. The summed E-state index contributed by atoms with van der Waals surface area (Å²) >= 11 is 0. The summed E-state index contributed by atoms with van der Waals surface area (Å²) in [6.45, 7) is 0.0423. The first kappa shape index (κ1) is 17.0. The number of nitrogens with one attached hydrogen (secondary N) is 2. The minimum atomic E-state index is -0.485. The number of phenolic OH excluding ortho intramolecular Hbond substituents is 1. The molecule has 6 nitrogen and oxygen atoms in total. The number of carbonyl (C=O) groups is 1. The van der Waals surface area contributed by atoms with Crippen LogP contribution in [0.2, 0.25) is 0 Å². The molecule has 0 radical (unpaired) electrons. The number of halogens is 1. The lowest BCUT2D eigenvalue weighted by atomic mass is 9.83. The number of aliphatic hydroxyl groups excluding tert-OH is 1. The molecule has 0 aromatic heterocycles. The van der Waals surface area contributed by atoms with Gasteiger partial charge in [-0.05, 0) is 23.8 Å². The van der Waals surface area contributed by atoms with E-state index in [1.54, 1.807) is 29.2 Å². The zero-order chi connectivity index (χ0) is 18.3. The first-order valence-electron chi connectivity index (χ1n) is 8.57. The number of hydrogen-bond donors (Lipinski definition) is 4. The minimum absolute atomic E-state index is 0.121. The summed E-state index contributed by atoms with van der Waals surface area (Å²) in [6, 6.07) is 12.0. The molecule has 2 aliphatic heterocycles. The minimum Gasteiger partial charge on any atom is -0.508 e. The van der Waals surface area contributed by atoms with Crippen LogP contribution in [0.5, 0.6) is 5.75 Å². The highest BCUT2D eigenvalue weighted by Crippen LogP contribution is 2.48. The topological polar surface area (TPSA) is 84.8 Å². The van der Waals surface area contributed by atoms with Gasteiger partial charge in [0.25, 0.3) is 0 Å². The SMILES string of the molecule is O=C1C2NNC(c3ccccc3O)C2C(c2ccc(F)cc2)N1CCO. The third kappa shape index (κ3) is 2.65. The highest BCUT2D eigenvalue weighted by atomic mass is 19.1. The van der Waals surface area contributed by atoms with Crippen LogP contribution in [0.15, 0.2) is 48.5 Å². The van der Waals surface area contributed by atoms with Crippen LogP contribution >= 0.6 is 0 Å². The predicted octanol–water partition coefficient (Wildman–Crippen LogP) is 1.24. The lowest BCUT2D eigenvalue weighted by Gasteiger charge is -2.31. The third-order valence-corrected chi connectivity index (χ3v) is 5.24. The largest absolute Gasteiger partial charge is 0.508 e. The summed E-state index contributed by atoms with van der Waals surface area (Å²) in [4.78, 5) is 14.5. The fourth-order valence-electron chi connectivity index (χ4n) is 4.13. The van der Waals surface area contributed by atoms with Crippen molar-refractivity contribution in [2.45, 2.75) is 18.1 Å². The van der Waals surface area contributed by atoms with E-state index in [-0.39, 0.29) is 48.6 Å². The second-order valence-corrected chi connectivity index (χ2v) is 6.63. The zero-order valence-corrected chi connectivity index (χ0v) is 14.0. The first-order chi connectivity index (χ1) is 12.6. The molecule has 26 heavy (non-hydrogen) atoms. The van der Waals surface area contributed by atoms with Crippen LogP contribution in [0, 0.1) is 11.7 Å². The van der Waals surface area contributed by atoms with Gasteiger partial charge in [0.2, 0.25) is 5.91 Å². The Morgan fingerprint density at radius 1 is 1.04 bits per heavy atom. The average molecular weight is 357 g/mol. The molecule has 7 heteroatoms. The van der Waals surface area contributed by atoms with Gasteiger partial charge in [0, 0.05) is 18.0 Å². The van der Waals surface area contributed by atoms with Crippen LogP contribution < -0.4 is 10.9 Å². The Bertz CT molecular complexity index is 814. The van der Waals surface area contributed by atoms with Gasteiger partial charge in [-0.25, -0.2) is 15.2 Å². The average Bonchev–Trinajstić information content (AvgIpc) is 3.17. The molecule has 4 N–H and O–H groups in total. The molecule has 4 unspecified atom stereocenters. The number of aliphatic hydroxyl groups is 1. The van der Waals surface area contributed by atoms with Crippen molar-refractivity contribution in [1.82, 2.24) is 15.8 Å². The van der Waals surface area contributed by atoms with Crippen molar-refractivity contribution in [3.05, 3.63) is 65.5 Å². The predicted molar refractivity (Wildman–Crippen MR) is 92.3 cm³/mol. The number of carbonyl (C=O) groups excluding carboxylic acids is 1. The van der Waals surface area contributed by atoms with E-state index in [0.29, 0.717) is 5.56 Å². The number of rotatable bonds is 4. The Morgan fingerprint density at radius 2 is 1.73 bits per heavy atom. The highest BCUT2D eigenvalue weighted by molar-refractivity contribution is 5.86. The van der Waals surface area contributed by atoms with Crippen molar-refractivity contribution in [3.63, 3.8) is 0 Å². The van der Waals surface area contributed by atoms with Gasteiger partial charge in [-0.1, -0.05) is 30.3 Å². The second-order valence-electron chi connectivity index (χ2n) is 6.63. The normalized spacial score (nSPS) is 27.8. The second kappa shape index (κ2) is 6.68. The Morgan fingerprint density at radius 3 is 2.42 bits per heavy atom. The molecule has 4 rings (SSSR count). The van der Waals surface area contributed by atoms with Crippen molar-refractivity contribution in [3.8, 4) is 5.75 Å². The van der Waals surface area contributed by atoms with E-state index in [1.807, 2.05) is 12.1 Å². The summed E-state index contributed by atoms with van der Waals surface area (Å²) in [5.74, 6) is -0.529. The Labute approximate surface area is 150 Å². The molecule has 0 saturated carbocycles. The zero-order valence-electron chi connectivity index (χ0n) is 14.0. The number of fused-ring (bicyclic) bond motifs is 1. The molecule has 0 bridgehead atoms. The quantitative estimate of drug-likeness (QED) is 0.662. The molecule has 2 heterocycles. The van der Waals surface area contributed by atoms with E-state index in [1.165, 1.54) is 12.1 Å². The molecular formula is C19H20FN3O3. The fraction of sp³-hybridized carbons (Fsp3) is 0.316. The number of benzene rings is 2. The summed E-state index contributed by atoms with van der Waals surface area (Å²) in [6.07, 6.45) is 0. The van der Waals surface area contributed by atoms with Crippen molar-refractivity contribution in [2.75, 3.05) is 13.2 Å². The lowest BCUT2D eigenvalue weighted by Crippen LogP contribution is -2.42. The monoisotopic (exact) mass is 357 g/mol. The molecule has 1 amide bonds. The van der Waals surface area contributed by atoms with Crippen molar-refractivity contribution < 1.29 is 19.4 Å². The number of nitrogens with zero attached hydrogens (tertiary/aromatic N) is 1. The molecule has 2 aromatic rings. The summed E-state index contributed by atoms with van der Waals surface area (Å²) in [5.41, 5.74) is 7.65. The molecule has 2 aromatic carbocycles. The number of para-hydroxylation sites is 1. The van der Waals surface area contributed by atoms with Crippen LogP contribution in [-0.4, -0.2) is 40.2 Å². The summed E-state index contributed by atoms with van der Waals surface area (Å²) in [7, 11) is 0. The number of hydrogen-bond acceptors (Lipinski definition) is 5. The maximum Gasteiger partial charge on any atom is 0.242 e. The third-order valence-electron chi connectivity index (χ3n) is 5.24. The molecule has 136 valence electrons. The standard InChI is InChI=1S/C19H20FN3O3/c20-12-7-5-11(6-8-12)18-15-16(13-3-1-2-4-14(13)25)21-22-17(15)19(26)23(18)9-10-24/h1-8,15-18,21-22,24-25H,9-10H2. The van der Waals surface area contributed by atoms with Gasteiger partial charge in [0.15, 0.2) is 0 Å². The number of amides is 1. The van der Waals surface area contributed by atoms with Gasteiger partial charge in [-0.2, -0.15) is 0 Å². The van der Waals surface area contributed by atoms with Crippen LogP contribution in [0.25, 0.3) is 0 Å². The van der Waals surface area contributed by atoms with Gasteiger partial charge in [0.1, 0.15) is 17.6 Å². The van der Waals surface area contributed by atoms with Crippen molar-refractivity contribution >= 4 is 5.91 Å². The van der Waals surface area contributed by atoms with E-state index in [2.05, 4.69) is 10.9 Å². The first-order valence-corrected chi connectivity index (χ1v) is 8.57. The van der Waals surface area contributed by atoms with Gasteiger partial charge in [0.05, 0.1) is 18.7 Å². The molecule has 2 saturated heterocycles. The molecule has 0 aliphatic carbocycles. The van der Waals surface area contributed by atoms with E-state index < -0.39 is 6.04 Å². The van der Waals surface area contributed by atoms with Crippen molar-refractivity contribution in [1.29, 1.82) is 0 Å². The maximum absolute atomic E-state index is 13.4. The van der Waals surface area contributed by atoms with Crippen LogP contribution in [-0.2, 0) is 4.79 Å². The van der Waals surface area contributed by atoms with Gasteiger partial charge in [-0.3, -0.25) is 4.79 Å². The maximum atomic E-state index is 13.4. The molecule has 0 spiro atoms. The lowest BCUT2D eigenvalue weighted by molar-refractivity contribution is -0.131. The number of aromatic hydroxyl groups is 1. The van der Waals surface area contributed by atoms with Crippen LogP contribution in [0.1, 0.15) is 23.2 Å². The van der Waals surface area contributed by atoms with E-state index in [4.69, 9.17) is 0 Å². The van der Waals surface area contributed by atoms with Gasteiger partial charge >= 0.3 is 0 Å². The number of phenols is 1. The summed E-state index contributed by atoms with van der Waals surface area (Å²) in [5, 5.41) is 19.7. The molecule has 2 aliphatic rings. The Balaban J connectivity index is 1.78. The molecule has 4 atom stereocenters. The highest BCUT2D eigenvalue weighted by Gasteiger charge is 2.55. The summed E-state index contributed by atoms with van der Waals surface area (Å²) < 4.78 is 13.4. The van der Waals surface area contributed by atoms with Gasteiger partial charge in [-0.15, -0.1) is 0 Å². The van der Waals surface area contributed by atoms with Crippen molar-refractivity contribution in [2.24, 2.45) is 5.92 Å². The van der Waals surface area contributed by atoms with Crippen LogP contribution in [0.4, 0.5) is 4.39 Å². The number of hydrazine groups is 1.